The third-order valence-electron chi connectivity index (χ3n) is 1.81. The molecular formula is C11H11NO3. The highest BCUT2D eigenvalue weighted by Crippen LogP contribution is 2.14. The first-order valence-corrected chi connectivity index (χ1v) is 4.42. The Morgan fingerprint density at radius 2 is 2.27 bits per heavy atom. The van der Waals surface area contributed by atoms with E-state index in [1.54, 1.807) is 31.2 Å². The van der Waals surface area contributed by atoms with E-state index in [0.717, 1.165) is 0 Å². The molecule has 0 aliphatic carbocycles. The van der Waals surface area contributed by atoms with Crippen LogP contribution in [0.4, 0.5) is 0 Å². The van der Waals surface area contributed by atoms with Crippen molar-refractivity contribution in [2.75, 3.05) is 7.11 Å². The second-order valence-electron chi connectivity index (χ2n) is 2.92. The molecule has 0 amide bonds. The lowest BCUT2D eigenvalue weighted by Crippen LogP contribution is -2.24. The molecule has 1 atom stereocenters. The minimum Gasteiger partial charge on any atom is -0.479 e. The van der Waals surface area contributed by atoms with Crippen molar-refractivity contribution >= 4 is 5.97 Å². The van der Waals surface area contributed by atoms with Crippen LogP contribution in [-0.2, 0) is 9.53 Å². The van der Waals surface area contributed by atoms with Crippen molar-refractivity contribution in [3.63, 3.8) is 0 Å². The number of nitrogens with zero attached hydrogens (tertiary/aromatic N) is 1. The van der Waals surface area contributed by atoms with E-state index in [-0.39, 0.29) is 0 Å². The van der Waals surface area contributed by atoms with Crippen LogP contribution < -0.4 is 4.74 Å². The van der Waals surface area contributed by atoms with E-state index in [4.69, 9.17) is 10.00 Å². The van der Waals surface area contributed by atoms with Gasteiger partial charge in [0.25, 0.3) is 0 Å². The van der Waals surface area contributed by atoms with Gasteiger partial charge in [-0.1, -0.05) is 6.07 Å². The maximum absolute atomic E-state index is 11.1. The molecule has 0 radical (unpaired) electrons. The molecule has 1 aromatic rings. The van der Waals surface area contributed by atoms with Gasteiger partial charge in [-0.05, 0) is 25.1 Å². The van der Waals surface area contributed by atoms with Crippen LogP contribution in [0.3, 0.4) is 0 Å². The van der Waals surface area contributed by atoms with Gasteiger partial charge in [0.15, 0.2) is 6.10 Å². The number of hydrogen-bond donors (Lipinski definition) is 0. The van der Waals surface area contributed by atoms with Crippen LogP contribution in [0.2, 0.25) is 0 Å². The molecule has 1 aromatic carbocycles. The van der Waals surface area contributed by atoms with Gasteiger partial charge >= 0.3 is 5.97 Å². The Balaban J connectivity index is 2.73. The average Bonchev–Trinajstić information content (AvgIpc) is 2.28. The quantitative estimate of drug-likeness (QED) is 0.701. The first kappa shape index (κ1) is 11.1. The fourth-order valence-corrected chi connectivity index (χ4v) is 1.06. The van der Waals surface area contributed by atoms with Crippen molar-refractivity contribution in [1.29, 1.82) is 5.26 Å². The van der Waals surface area contributed by atoms with Gasteiger partial charge in [0, 0.05) is 0 Å². The summed E-state index contributed by atoms with van der Waals surface area (Å²) in [5.74, 6) is 0.0318. The summed E-state index contributed by atoms with van der Waals surface area (Å²) in [5, 5.41) is 8.65. The summed E-state index contributed by atoms with van der Waals surface area (Å²) in [6.45, 7) is 1.59. The topological polar surface area (TPSA) is 59.3 Å². The van der Waals surface area contributed by atoms with Gasteiger partial charge < -0.3 is 9.47 Å². The summed E-state index contributed by atoms with van der Waals surface area (Å²) < 4.78 is 9.80. The van der Waals surface area contributed by atoms with E-state index in [1.165, 1.54) is 7.11 Å². The number of benzene rings is 1. The van der Waals surface area contributed by atoms with Crippen LogP contribution in [0.15, 0.2) is 24.3 Å². The van der Waals surface area contributed by atoms with Crippen LogP contribution in [0, 0.1) is 11.3 Å². The van der Waals surface area contributed by atoms with Crippen molar-refractivity contribution in [3.8, 4) is 11.8 Å². The molecule has 0 saturated heterocycles. The van der Waals surface area contributed by atoms with Crippen LogP contribution in [0.25, 0.3) is 0 Å². The van der Waals surface area contributed by atoms with Crippen LogP contribution in [0.1, 0.15) is 12.5 Å². The van der Waals surface area contributed by atoms with E-state index in [0.29, 0.717) is 11.3 Å². The highest BCUT2D eigenvalue weighted by molar-refractivity contribution is 5.74. The number of nitriles is 1. The summed E-state index contributed by atoms with van der Waals surface area (Å²) in [7, 11) is 1.30. The molecule has 0 aliphatic heterocycles. The summed E-state index contributed by atoms with van der Waals surface area (Å²) in [4.78, 5) is 11.1. The van der Waals surface area contributed by atoms with Gasteiger partial charge in [0.05, 0.1) is 18.7 Å². The second-order valence-corrected chi connectivity index (χ2v) is 2.92. The van der Waals surface area contributed by atoms with Crippen LogP contribution >= 0.6 is 0 Å². The molecule has 0 heterocycles. The first-order chi connectivity index (χ1) is 7.17. The summed E-state index contributed by atoms with van der Waals surface area (Å²) in [5.41, 5.74) is 0.490. The molecule has 0 aliphatic rings. The molecule has 0 spiro atoms. The largest absolute Gasteiger partial charge is 0.479 e. The van der Waals surface area contributed by atoms with E-state index in [9.17, 15) is 4.79 Å². The predicted molar refractivity (Wildman–Crippen MR) is 53.3 cm³/mol. The fourth-order valence-electron chi connectivity index (χ4n) is 1.06. The molecular weight excluding hydrogens is 194 g/mol. The van der Waals surface area contributed by atoms with Gasteiger partial charge in [0.2, 0.25) is 0 Å². The predicted octanol–water partition coefficient (Wildman–Crippen LogP) is 1.50. The Morgan fingerprint density at radius 3 is 2.87 bits per heavy atom. The van der Waals surface area contributed by atoms with Crippen molar-refractivity contribution in [1.82, 2.24) is 0 Å². The minimum atomic E-state index is -0.677. The van der Waals surface area contributed by atoms with Crippen molar-refractivity contribution in [2.24, 2.45) is 0 Å². The summed E-state index contributed by atoms with van der Waals surface area (Å²) in [6.07, 6.45) is -0.677. The Kier molecular flexibility index (Phi) is 3.69. The van der Waals surface area contributed by atoms with Crippen molar-refractivity contribution in [3.05, 3.63) is 29.8 Å². The highest BCUT2D eigenvalue weighted by Gasteiger charge is 2.14. The SMILES string of the molecule is COC(=O)[C@@H](C)Oc1cccc(C#N)c1. The Hall–Kier alpha value is -2.02. The Labute approximate surface area is 88.0 Å². The van der Waals surface area contributed by atoms with Crippen molar-refractivity contribution < 1.29 is 14.3 Å². The lowest BCUT2D eigenvalue weighted by molar-refractivity contribution is -0.147. The second kappa shape index (κ2) is 5.01. The number of hydrogen-bond acceptors (Lipinski definition) is 4. The van der Waals surface area contributed by atoms with Gasteiger partial charge in [-0.25, -0.2) is 4.79 Å². The van der Waals surface area contributed by atoms with Crippen molar-refractivity contribution in [2.45, 2.75) is 13.0 Å². The zero-order valence-electron chi connectivity index (χ0n) is 8.56. The van der Waals surface area contributed by atoms with Crippen LogP contribution in [-0.4, -0.2) is 19.2 Å². The van der Waals surface area contributed by atoms with Gasteiger partial charge in [0.1, 0.15) is 5.75 Å². The number of esters is 1. The van der Waals surface area contributed by atoms with Gasteiger partial charge in [-0.15, -0.1) is 0 Å². The molecule has 4 nitrogen and oxygen atoms in total. The maximum atomic E-state index is 11.1. The zero-order chi connectivity index (χ0) is 11.3. The minimum absolute atomic E-state index is 0.447. The number of ether oxygens (including phenoxy) is 2. The van der Waals surface area contributed by atoms with Gasteiger partial charge in [-0.2, -0.15) is 5.26 Å². The molecule has 0 fully saturated rings. The lowest BCUT2D eigenvalue weighted by atomic mass is 10.2. The summed E-state index contributed by atoms with van der Waals surface area (Å²) in [6, 6.07) is 8.59. The van der Waals surface area contributed by atoms with Gasteiger partial charge in [-0.3, -0.25) is 0 Å². The zero-order valence-corrected chi connectivity index (χ0v) is 8.56. The first-order valence-electron chi connectivity index (χ1n) is 4.42. The average molecular weight is 205 g/mol. The number of carbonyl (C=O) groups excluding carboxylic acids is 1. The number of rotatable bonds is 3. The summed E-state index contributed by atoms with van der Waals surface area (Å²) >= 11 is 0. The van der Waals surface area contributed by atoms with E-state index < -0.39 is 12.1 Å². The standard InChI is InChI=1S/C11H11NO3/c1-8(11(13)14-2)15-10-5-3-4-9(6-10)7-12/h3-6,8H,1-2H3/t8-/m1/s1. The van der Waals surface area contributed by atoms with E-state index in [2.05, 4.69) is 4.74 Å². The molecule has 0 unspecified atom stereocenters. The van der Waals surface area contributed by atoms with E-state index in [1.807, 2.05) is 6.07 Å². The monoisotopic (exact) mass is 205 g/mol. The third kappa shape index (κ3) is 2.99. The maximum Gasteiger partial charge on any atom is 0.346 e. The Morgan fingerprint density at radius 1 is 1.53 bits per heavy atom. The fraction of sp³-hybridized carbons (Fsp3) is 0.273. The molecule has 1 rings (SSSR count). The molecule has 0 saturated carbocycles. The lowest BCUT2D eigenvalue weighted by Gasteiger charge is -2.12. The smallest absolute Gasteiger partial charge is 0.346 e. The molecule has 78 valence electrons. The highest BCUT2D eigenvalue weighted by atomic mass is 16.6. The number of carbonyl (C=O) groups is 1. The van der Waals surface area contributed by atoms with Crippen LogP contribution in [0.5, 0.6) is 5.75 Å². The normalized spacial score (nSPS) is 11.3. The molecule has 0 aromatic heterocycles. The molecule has 15 heavy (non-hydrogen) atoms. The molecule has 4 heteroatoms. The van der Waals surface area contributed by atoms with E-state index >= 15 is 0 Å². The molecule has 0 bridgehead atoms. The number of methoxy groups -OCH3 is 1. The Bertz CT molecular complexity index is 395. The third-order valence-corrected chi connectivity index (χ3v) is 1.81. The molecule has 0 N–H and O–H groups in total.